The lowest BCUT2D eigenvalue weighted by Gasteiger charge is -2.05. The van der Waals surface area contributed by atoms with Gasteiger partial charge in [-0.1, -0.05) is 51.9 Å². The summed E-state index contributed by atoms with van der Waals surface area (Å²) in [6.07, 6.45) is 10.7. The molecule has 0 fully saturated rings. The molecular weight excluding hydrogens is 336 g/mol. The molecule has 0 bridgehead atoms. The van der Waals surface area contributed by atoms with Gasteiger partial charge in [0.2, 0.25) is 0 Å². The van der Waals surface area contributed by atoms with E-state index in [1.165, 1.54) is 44.9 Å². The Morgan fingerprint density at radius 1 is 0.462 bits per heavy atom. The van der Waals surface area contributed by atoms with E-state index >= 15 is 0 Å². The van der Waals surface area contributed by atoms with E-state index in [0.717, 1.165) is 19.6 Å². The Balaban J connectivity index is 0. The number of aliphatic hydroxyl groups excluding tert-OH is 2. The number of aliphatic hydroxyl groups is 2. The molecule has 0 amide bonds. The second-order valence-electron chi connectivity index (χ2n) is 5.96. The highest BCUT2D eigenvalue weighted by molar-refractivity contribution is 4.45. The second-order valence-corrected chi connectivity index (χ2v) is 5.96. The maximum absolute atomic E-state index is 8.48. The molecule has 0 radical (unpaired) electrons. The normalized spacial score (nSPS) is 10.6. The van der Waals surface area contributed by atoms with Gasteiger partial charge in [-0.3, -0.25) is 0 Å². The molecule has 26 heavy (non-hydrogen) atoms. The number of hydrogen-bond acceptors (Lipinski definition) is 6. The lowest BCUT2D eigenvalue weighted by Crippen LogP contribution is -2.07. The monoisotopic (exact) mass is 380 g/mol. The van der Waals surface area contributed by atoms with Crippen molar-refractivity contribution in [3.05, 3.63) is 0 Å². The minimum absolute atomic E-state index is 0.0894. The molecule has 160 valence electrons. The third kappa shape index (κ3) is 31.5. The van der Waals surface area contributed by atoms with Crippen LogP contribution in [0.1, 0.15) is 65.2 Å². The molecule has 0 saturated heterocycles. The predicted octanol–water partition coefficient (Wildman–Crippen LogP) is 3.18. The molecule has 2 N–H and O–H groups in total. The van der Waals surface area contributed by atoms with Gasteiger partial charge in [0.05, 0.1) is 52.9 Å². The Morgan fingerprint density at radius 3 is 1.35 bits per heavy atom. The highest BCUT2D eigenvalue weighted by Gasteiger charge is 1.93. The first kappa shape index (κ1) is 28.0. The van der Waals surface area contributed by atoms with Crippen LogP contribution in [0.4, 0.5) is 0 Å². The Labute approximate surface area is 161 Å². The van der Waals surface area contributed by atoms with Crippen molar-refractivity contribution in [2.75, 3.05) is 66.1 Å². The van der Waals surface area contributed by atoms with Crippen LogP contribution in [0.15, 0.2) is 0 Å². The first-order valence-corrected chi connectivity index (χ1v) is 10.4. The van der Waals surface area contributed by atoms with Crippen molar-refractivity contribution in [2.45, 2.75) is 65.2 Å². The first-order chi connectivity index (χ1) is 12.8. The van der Waals surface area contributed by atoms with E-state index in [1.807, 2.05) is 6.92 Å². The summed E-state index contributed by atoms with van der Waals surface area (Å²) in [4.78, 5) is 0. The van der Waals surface area contributed by atoms with Crippen LogP contribution in [0.3, 0.4) is 0 Å². The van der Waals surface area contributed by atoms with Crippen LogP contribution in [0.2, 0.25) is 0 Å². The summed E-state index contributed by atoms with van der Waals surface area (Å²) in [5.74, 6) is 0. The lowest BCUT2D eigenvalue weighted by molar-refractivity contribution is 0.0321. The van der Waals surface area contributed by atoms with Crippen LogP contribution in [0, 0.1) is 0 Å². The van der Waals surface area contributed by atoms with Gasteiger partial charge in [-0.2, -0.15) is 0 Å². The summed E-state index contributed by atoms with van der Waals surface area (Å²) in [7, 11) is 0. The van der Waals surface area contributed by atoms with E-state index in [2.05, 4.69) is 6.92 Å². The summed E-state index contributed by atoms with van der Waals surface area (Å²) < 4.78 is 20.4. The minimum atomic E-state index is 0.0894. The van der Waals surface area contributed by atoms with Gasteiger partial charge in [-0.05, 0) is 13.3 Å². The summed E-state index contributed by atoms with van der Waals surface area (Å²) in [5, 5.41) is 16.7. The van der Waals surface area contributed by atoms with Crippen molar-refractivity contribution >= 4 is 0 Å². The predicted molar refractivity (Wildman–Crippen MR) is 106 cm³/mol. The Morgan fingerprint density at radius 2 is 0.885 bits per heavy atom. The number of rotatable bonds is 20. The fraction of sp³-hybridized carbons (Fsp3) is 1.00. The van der Waals surface area contributed by atoms with Crippen molar-refractivity contribution < 1.29 is 29.2 Å². The number of unbranched alkanes of at least 4 members (excludes halogenated alkanes) is 7. The first-order valence-electron chi connectivity index (χ1n) is 10.4. The van der Waals surface area contributed by atoms with Gasteiger partial charge >= 0.3 is 0 Å². The van der Waals surface area contributed by atoms with E-state index in [1.54, 1.807) is 0 Å². The maximum Gasteiger partial charge on any atom is 0.0701 e. The van der Waals surface area contributed by atoms with E-state index in [9.17, 15) is 0 Å². The fourth-order valence-corrected chi connectivity index (χ4v) is 2.15. The minimum Gasteiger partial charge on any atom is -0.394 e. The zero-order valence-corrected chi connectivity index (χ0v) is 17.3. The molecule has 0 aliphatic rings. The number of hydrogen-bond donors (Lipinski definition) is 2. The highest BCUT2D eigenvalue weighted by Crippen LogP contribution is 2.08. The van der Waals surface area contributed by atoms with Crippen molar-refractivity contribution in [3.63, 3.8) is 0 Å². The molecule has 0 atom stereocenters. The zero-order chi connectivity index (χ0) is 19.6. The van der Waals surface area contributed by atoms with Crippen LogP contribution < -0.4 is 0 Å². The van der Waals surface area contributed by atoms with E-state index in [-0.39, 0.29) is 13.2 Å². The molecule has 0 unspecified atom stereocenters. The fourth-order valence-electron chi connectivity index (χ4n) is 2.15. The van der Waals surface area contributed by atoms with Gasteiger partial charge in [0, 0.05) is 13.2 Å². The molecule has 0 aliphatic heterocycles. The molecule has 6 nitrogen and oxygen atoms in total. The van der Waals surface area contributed by atoms with Gasteiger partial charge in [0.1, 0.15) is 0 Å². The SMILES string of the molecule is CCCCCCCCCCOCCOCCO.CCOCCOCCO. The average molecular weight is 381 g/mol. The molecule has 0 aromatic carbocycles. The van der Waals surface area contributed by atoms with Crippen molar-refractivity contribution in [2.24, 2.45) is 0 Å². The largest absolute Gasteiger partial charge is 0.394 e. The molecule has 0 aliphatic carbocycles. The summed E-state index contributed by atoms with van der Waals surface area (Å²) in [5.41, 5.74) is 0. The zero-order valence-electron chi connectivity index (χ0n) is 17.3. The van der Waals surface area contributed by atoms with Crippen LogP contribution in [-0.4, -0.2) is 76.3 Å². The van der Waals surface area contributed by atoms with Gasteiger partial charge in [0.15, 0.2) is 0 Å². The van der Waals surface area contributed by atoms with Crippen LogP contribution >= 0.6 is 0 Å². The molecule has 0 heterocycles. The van der Waals surface area contributed by atoms with Crippen molar-refractivity contribution in [1.82, 2.24) is 0 Å². The summed E-state index contributed by atoms with van der Waals surface area (Å²) in [6.45, 7) is 9.21. The highest BCUT2D eigenvalue weighted by atomic mass is 16.5. The Hall–Kier alpha value is -0.240. The van der Waals surface area contributed by atoms with Crippen LogP contribution in [-0.2, 0) is 18.9 Å². The quantitative estimate of drug-likeness (QED) is 0.316. The standard InChI is InChI=1S/C14H30O3.C6H14O3/c1-2-3-4-5-6-7-8-9-11-16-13-14-17-12-10-15;1-2-8-5-6-9-4-3-7/h15H,2-14H2,1H3;7H,2-6H2,1H3. The Kier molecular flexibility index (Phi) is 31.8. The topological polar surface area (TPSA) is 77.4 Å². The molecular formula is C20H44O6. The molecule has 0 aromatic heterocycles. The van der Waals surface area contributed by atoms with E-state index < -0.39 is 0 Å². The Bertz CT molecular complexity index is 196. The van der Waals surface area contributed by atoms with Crippen LogP contribution in [0.5, 0.6) is 0 Å². The van der Waals surface area contributed by atoms with Gasteiger partial charge < -0.3 is 29.2 Å². The smallest absolute Gasteiger partial charge is 0.0701 e. The molecule has 6 heteroatoms. The molecule has 0 saturated carbocycles. The van der Waals surface area contributed by atoms with E-state index in [4.69, 9.17) is 29.2 Å². The van der Waals surface area contributed by atoms with Crippen molar-refractivity contribution in [1.29, 1.82) is 0 Å². The summed E-state index contributed by atoms with van der Waals surface area (Å²) >= 11 is 0. The number of ether oxygens (including phenoxy) is 4. The van der Waals surface area contributed by atoms with Crippen molar-refractivity contribution in [3.8, 4) is 0 Å². The third-order valence-corrected chi connectivity index (χ3v) is 3.56. The van der Waals surface area contributed by atoms with Crippen LogP contribution in [0.25, 0.3) is 0 Å². The lowest BCUT2D eigenvalue weighted by atomic mass is 10.1. The van der Waals surface area contributed by atoms with E-state index in [0.29, 0.717) is 39.6 Å². The second kappa shape index (κ2) is 29.5. The van der Waals surface area contributed by atoms with Gasteiger partial charge in [-0.15, -0.1) is 0 Å². The summed E-state index contributed by atoms with van der Waals surface area (Å²) in [6, 6.07) is 0. The molecule has 0 rings (SSSR count). The van der Waals surface area contributed by atoms with Gasteiger partial charge in [0.25, 0.3) is 0 Å². The molecule has 0 aromatic rings. The maximum atomic E-state index is 8.48. The third-order valence-electron chi connectivity index (χ3n) is 3.56. The average Bonchev–Trinajstić information content (AvgIpc) is 2.66. The molecule has 0 spiro atoms. The van der Waals surface area contributed by atoms with Gasteiger partial charge in [-0.25, -0.2) is 0 Å².